The Morgan fingerprint density at radius 3 is 2.24 bits per heavy atom. The van der Waals surface area contributed by atoms with Crippen molar-refractivity contribution in [2.45, 2.75) is 0 Å². The molecule has 0 amide bonds. The van der Waals surface area contributed by atoms with E-state index in [-0.39, 0.29) is 5.75 Å². The van der Waals surface area contributed by atoms with Crippen LogP contribution in [0.15, 0.2) is 41.4 Å². The maximum absolute atomic E-state index is 9.83. The molecule has 0 saturated carbocycles. The largest absolute Gasteiger partial charge is 0.507 e. The van der Waals surface area contributed by atoms with Crippen molar-refractivity contribution >= 4 is 11.9 Å². The SMILES string of the molecule is COc1ccc(O)c(C=Nc2cc(OC)ccc2OC)c1. The maximum Gasteiger partial charge on any atom is 0.144 e. The molecule has 0 aliphatic carbocycles. The number of methoxy groups -OCH3 is 3. The van der Waals surface area contributed by atoms with Crippen molar-refractivity contribution in [2.75, 3.05) is 21.3 Å². The predicted octanol–water partition coefficient (Wildman–Crippen LogP) is 3.17. The molecule has 21 heavy (non-hydrogen) atoms. The number of phenolic OH excluding ortho intramolecular Hbond substituents is 1. The van der Waals surface area contributed by atoms with E-state index in [2.05, 4.69) is 4.99 Å². The fourth-order valence-electron chi connectivity index (χ4n) is 1.80. The van der Waals surface area contributed by atoms with E-state index >= 15 is 0 Å². The molecule has 0 aromatic heterocycles. The smallest absolute Gasteiger partial charge is 0.144 e. The molecule has 110 valence electrons. The molecule has 0 fully saturated rings. The zero-order valence-corrected chi connectivity index (χ0v) is 12.2. The number of nitrogens with zero attached hydrogens (tertiary/aromatic N) is 1. The van der Waals surface area contributed by atoms with Crippen molar-refractivity contribution in [1.82, 2.24) is 0 Å². The minimum Gasteiger partial charge on any atom is -0.507 e. The third-order valence-electron chi connectivity index (χ3n) is 2.96. The van der Waals surface area contributed by atoms with Crippen molar-refractivity contribution in [1.29, 1.82) is 0 Å². The van der Waals surface area contributed by atoms with Crippen molar-refractivity contribution < 1.29 is 19.3 Å². The number of benzene rings is 2. The number of aromatic hydroxyl groups is 1. The van der Waals surface area contributed by atoms with Crippen molar-refractivity contribution in [3.05, 3.63) is 42.0 Å². The van der Waals surface area contributed by atoms with Gasteiger partial charge in [-0.15, -0.1) is 0 Å². The fraction of sp³-hybridized carbons (Fsp3) is 0.188. The lowest BCUT2D eigenvalue weighted by Gasteiger charge is -2.07. The van der Waals surface area contributed by atoms with Gasteiger partial charge >= 0.3 is 0 Å². The number of hydrogen-bond acceptors (Lipinski definition) is 5. The van der Waals surface area contributed by atoms with Crippen LogP contribution in [0.1, 0.15) is 5.56 Å². The van der Waals surface area contributed by atoms with Crippen LogP contribution in [0, 0.1) is 0 Å². The third kappa shape index (κ3) is 3.45. The Morgan fingerprint density at radius 1 is 0.905 bits per heavy atom. The quantitative estimate of drug-likeness (QED) is 0.858. The van der Waals surface area contributed by atoms with Crippen molar-refractivity contribution in [3.63, 3.8) is 0 Å². The zero-order valence-electron chi connectivity index (χ0n) is 12.2. The van der Waals surface area contributed by atoms with Gasteiger partial charge in [0.25, 0.3) is 0 Å². The Kier molecular flexibility index (Phi) is 4.66. The summed E-state index contributed by atoms with van der Waals surface area (Å²) in [6.07, 6.45) is 1.55. The minimum atomic E-state index is 0.126. The summed E-state index contributed by atoms with van der Waals surface area (Å²) in [5, 5.41) is 9.83. The van der Waals surface area contributed by atoms with E-state index in [1.165, 1.54) is 0 Å². The van der Waals surface area contributed by atoms with E-state index in [0.29, 0.717) is 28.5 Å². The molecule has 0 aliphatic heterocycles. The van der Waals surface area contributed by atoms with Gasteiger partial charge < -0.3 is 19.3 Å². The second-order valence-corrected chi connectivity index (χ2v) is 4.22. The van der Waals surface area contributed by atoms with Gasteiger partial charge in [-0.05, 0) is 30.3 Å². The van der Waals surface area contributed by atoms with E-state index in [1.807, 2.05) is 0 Å². The molecule has 0 radical (unpaired) electrons. The van der Waals surface area contributed by atoms with Crippen molar-refractivity contribution in [2.24, 2.45) is 4.99 Å². The normalized spacial score (nSPS) is 10.6. The van der Waals surface area contributed by atoms with Crippen LogP contribution in [0.25, 0.3) is 0 Å². The van der Waals surface area contributed by atoms with E-state index in [4.69, 9.17) is 14.2 Å². The lowest BCUT2D eigenvalue weighted by Crippen LogP contribution is -1.89. The van der Waals surface area contributed by atoms with Crippen LogP contribution in [0.3, 0.4) is 0 Å². The Labute approximate surface area is 123 Å². The third-order valence-corrected chi connectivity index (χ3v) is 2.96. The number of ether oxygens (including phenoxy) is 3. The second kappa shape index (κ2) is 6.65. The van der Waals surface area contributed by atoms with Gasteiger partial charge in [0, 0.05) is 17.8 Å². The van der Waals surface area contributed by atoms with Crippen LogP contribution in [-0.2, 0) is 0 Å². The molecule has 2 rings (SSSR count). The molecule has 1 N–H and O–H groups in total. The summed E-state index contributed by atoms with van der Waals surface area (Å²) in [7, 11) is 4.73. The average molecular weight is 287 g/mol. The monoisotopic (exact) mass is 287 g/mol. The standard InChI is InChI=1S/C16H17NO4/c1-19-12-4-6-15(18)11(8-12)10-17-14-9-13(20-2)5-7-16(14)21-3/h4-10,18H,1-3H3. The van der Waals surface area contributed by atoms with Crippen LogP contribution in [-0.4, -0.2) is 32.7 Å². The lowest BCUT2D eigenvalue weighted by molar-refractivity contribution is 0.404. The highest BCUT2D eigenvalue weighted by molar-refractivity contribution is 5.86. The highest BCUT2D eigenvalue weighted by atomic mass is 16.5. The van der Waals surface area contributed by atoms with E-state index in [9.17, 15) is 5.11 Å². The Balaban J connectivity index is 2.36. The molecule has 0 aliphatic rings. The molecule has 0 atom stereocenters. The van der Waals surface area contributed by atoms with Crippen molar-refractivity contribution in [3.8, 4) is 23.0 Å². The first-order chi connectivity index (χ1) is 10.2. The molecule has 0 bridgehead atoms. The highest BCUT2D eigenvalue weighted by Crippen LogP contribution is 2.32. The first kappa shape index (κ1) is 14.7. The summed E-state index contributed by atoms with van der Waals surface area (Å²) in [6.45, 7) is 0. The van der Waals surface area contributed by atoms with Gasteiger partial charge in [0.05, 0.1) is 21.3 Å². The fourth-order valence-corrected chi connectivity index (χ4v) is 1.80. The molecule has 5 heteroatoms. The maximum atomic E-state index is 9.83. The first-order valence-electron chi connectivity index (χ1n) is 6.31. The molecule has 0 saturated heterocycles. The van der Waals surface area contributed by atoms with Crippen LogP contribution >= 0.6 is 0 Å². The number of aliphatic imine (C=N–C) groups is 1. The molecule has 0 heterocycles. The minimum absolute atomic E-state index is 0.126. The van der Waals surface area contributed by atoms with Crippen LogP contribution in [0.4, 0.5) is 5.69 Å². The second-order valence-electron chi connectivity index (χ2n) is 4.22. The summed E-state index contributed by atoms with van der Waals surface area (Å²) in [5.41, 5.74) is 1.17. The van der Waals surface area contributed by atoms with Crippen LogP contribution in [0.5, 0.6) is 23.0 Å². The summed E-state index contributed by atoms with van der Waals surface area (Å²) in [6, 6.07) is 10.3. The van der Waals surface area contributed by atoms with Gasteiger partial charge in [0.2, 0.25) is 0 Å². The number of rotatable bonds is 5. The molecule has 2 aromatic rings. The van der Waals surface area contributed by atoms with Crippen LogP contribution in [0.2, 0.25) is 0 Å². The molecule has 2 aromatic carbocycles. The van der Waals surface area contributed by atoms with Gasteiger partial charge in [-0.2, -0.15) is 0 Å². The highest BCUT2D eigenvalue weighted by Gasteiger charge is 2.05. The summed E-state index contributed by atoms with van der Waals surface area (Å²) in [5.74, 6) is 2.07. The molecule has 0 spiro atoms. The van der Waals surface area contributed by atoms with Crippen LogP contribution < -0.4 is 14.2 Å². The molecule has 0 unspecified atom stereocenters. The van der Waals surface area contributed by atoms with Gasteiger partial charge in [0.1, 0.15) is 28.7 Å². The summed E-state index contributed by atoms with van der Waals surface area (Å²) in [4.78, 5) is 4.35. The van der Waals surface area contributed by atoms with Gasteiger partial charge in [0.15, 0.2) is 0 Å². The van der Waals surface area contributed by atoms with E-state index in [1.54, 1.807) is 63.9 Å². The predicted molar refractivity (Wildman–Crippen MR) is 81.5 cm³/mol. The summed E-state index contributed by atoms with van der Waals surface area (Å²) >= 11 is 0. The van der Waals surface area contributed by atoms with Gasteiger partial charge in [-0.1, -0.05) is 0 Å². The first-order valence-corrected chi connectivity index (χ1v) is 6.31. The lowest BCUT2D eigenvalue weighted by atomic mass is 10.2. The average Bonchev–Trinajstić information content (AvgIpc) is 2.53. The van der Waals surface area contributed by atoms with E-state index in [0.717, 1.165) is 0 Å². The van der Waals surface area contributed by atoms with Gasteiger partial charge in [-0.3, -0.25) is 4.99 Å². The Hall–Kier alpha value is -2.69. The Morgan fingerprint density at radius 2 is 1.57 bits per heavy atom. The number of hydrogen-bond donors (Lipinski definition) is 1. The molecule has 5 nitrogen and oxygen atoms in total. The van der Waals surface area contributed by atoms with Gasteiger partial charge in [-0.25, -0.2) is 0 Å². The molecular formula is C16H17NO4. The molecular weight excluding hydrogens is 270 g/mol. The topological polar surface area (TPSA) is 60.3 Å². The Bertz CT molecular complexity index is 653. The zero-order chi connectivity index (χ0) is 15.2. The van der Waals surface area contributed by atoms with E-state index < -0.39 is 0 Å². The number of phenols is 1. The summed E-state index contributed by atoms with van der Waals surface area (Å²) < 4.78 is 15.5.